The van der Waals surface area contributed by atoms with Crippen molar-refractivity contribution in [1.82, 2.24) is 5.32 Å². The molecule has 1 aliphatic heterocycles. The molecule has 0 spiro atoms. The van der Waals surface area contributed by atoms with Crippen LogP contribution in [-0.2, 0) is 9.59 Å². The molecule has 154 valence electrons. The monoisotopic (exact) mass is 418 g/mol. The first-order valence-corrected chi connectivity index (χ1v) is 8.90. The van der Waals surface area contributed by atoms with Crippen molar-refractivity contribution in [1.29, 1.82) is 0 Å². The number of nitrogens with zero attached hydrogens (tertiary/aromatic N) is 1. The van der Waals surface area contributed by atoms with Crippen LogP contribution < -0.4 is 21.3 Å². The minimum absolute atomic E-state index is 0. The van der Waals surface area contributed by atoms with Gasteiger partial charge in [0.25, 0.3) is 0 Å². The zero-order valence-corrected chi connectivity index (χ0v) is 18.1. The van der Waals surface area contributed by atoms with Crippen LogP contribution in [-0.4, -0.2) is 37.0 Å². The molecule has 27 heavy (non-hydrogen) atoms. The van der Waals surface area contributed by atoms with E-state index < -0.39 is 12.1 Å². The standard InChI is InChI=1S/C19H30N4O2.2ClH/c1-13(21-18(25)16(20)19(2,3)4)17(24)22-14-8-7-9-15(12-14)23-10-5-6-11-23;;/h7-9,12-13,16H,5-6,10-11,20H2,1-4H3,(H,21,25)(H,22,24);2*1H/t13?,16-;;/m1../s1. The maximum atomic E-state index is 12.4. The molecule has 1 aromatic carbocycles. The topological polar surface area (TPSA) is 87.5 Å². The summed E-state index contributed by atoms with van der Waals surface area (Å²) in [4.78, 5) is 26.8. The average Bonchev–Trinajstić information content (AvgIpc) is 3.07. The van der Waals surface area contributed by atoms with E-state index >= 15 is 0 Å². The second-order valence-electron chi connectivity index (χ2n) is 7.81. The second kappa shape index (κ2) is 10.7. The van der Waals surface area contributed by atoms with Gasteiger partial charge < -0.3 is 21.3 Å². The maximum Gasteiger partial charge on any atom is 0.246 e. The number of rotatable bonds is 5. The molecule has 0 saturated carbocycles. The van der Waals surface area contributed by atoms with Gasteiger partial charge in [-0.05, 0) is 43.4 Å². The van der Waals surface area contributed by atoms with Gasteiger partial charge in [0.15, 0.2) is 0 Å². The Bertz CT molecular complexity index is 628. The normalized spacial score (nSPS) is 15.8. The lowest BCUT2D eigenvalue weighted by atomic mass is 9.87. The predicted molar refractivity (Wildman–Crippen MR) is 116 cm³/mol. The highest BCUT2D eigenvalue weighted by molar-refractivity contribution is 5.98. The molecule has 2 amide bonds. The van der Waals surface area contributed by atoms with E-state index in [0.29, 0.717) is 0 Å². The molecule has 1 fully saturated rings. The molecule has 4 N–H and O–H groups in total. The lowest BCUT2D eigenvalue weighted by Gasteiger charge is -2.27. The van der Waals surface area contributed by atoms with E-state index in [1.54, 1.807) is 6.92 Å². The van der Waals surface area contributed by atoms with Gasteiger partial charge in [-0.15, -0.1) is 24.8 Å². The molecule has 1 aromatic rings. The quantitative estimate of drug-likeness (QED) is 0.685. The van der Waals surface area contributed by atoms with Crippen molar-refractivity contribution in [3.05, 3.63) is 24.3 Å². The molecule has 1 unspecified atom stereocenters. The molecule has 1 aliphatic rings. The first kappa shape index (κ1) is 25.5. The zero-order valence-electron chi connectivity index (χ0n) is 16.5. The number of nitrogens with two attached hydrogens (primary N) is 1. The number of halogens is 2. The summed E-state index contributed by atoms with van der Waals surface area (Å²) in [5, 5.41) is 5.56. The van der Waals surface area contributed by atoms with Gasteiger partial charge in [0, 0.05) is 24.5 Å². The Morgan fingerprint density at radius 1 is 1.11 bits per heavy atom. The summed E-state index contributed by atoms with van der Waals surface area (Å²) in [5.74, 6) is -0.575. The van der Waals surface area contributed by atoms with Gasteiger partial charge in [-0.1, -0.05) is 26.8 Å². The van der Waals surface area contributed by atoms with E-state index in [2.05, 4.69) is 21.6 Å². The van der Waals surface area contributed by atoms with Crippen LogP contribution in [0.4, 0.5) is 11.4 Å². The van der Waals surface area contributed by atoms with E-state index in [1.165, 1.54) is 12.8 Å². The van der Waals surface area contributed by atoms with Gasteiger partial charge in [-0.2, -0.15) is 0 Å². The Morgan fingerprint density at radius 2 is 1.70 bits per heavy atom. The van der Waals surface area contributed by atoms with Crippen LogP contribution >= 0.6 is 24.8 Å². The molecule has 1 heterocycles. The van der Waals surface area contributed by atoms with Crippen LogP contribution in [0.3, 0.4) is 0 Å². The summed E-state index contributed by atoms with van der Waals surface area (Å²) in [6.07, 6.45) is 2.40. The third kappa shape index (κ3) is 7.20. The average molecular weight is 419 g/mol. The van der Waals surface area contributed by atoms with Crippen LogP contribution in [0.1, 0.15) is 40.5 Å². The summed E-state index contributed by atoms with van der Waals surface area (Å²) in [7, 11) is 0. The SMILES string of the molecule is CC(NC(=O)[C@@H](N)C(C)(C)C)C(=O)Nc1cccc(N2CCCC2)c1.Cl.Cl. The van der Waals surface area contributed by atoms with E-state index in [4.69, 9.17) is 5.73 Å². The molecule has 2 atom stereocenters. The maximum absolute atomic E-state index is 12.4. The number of carbonyl (C=O) groups is 2. The van der Waals surface area contributed by atoms with Crippen molar-refractivity contribution < 1.29 is 9.59 Å². The first-order chi connectivity index (χ1) is 11.7. The van der Waals surface area contributed by atoms with Gasteiger partial charge in [0.1, 0.15) is 6.04 Å². The van der Waals surface area contributed by atoms with E-state index in [1.807, 2.05) is 39.0 Å². The van der Waals surface area contributed by atoms with Crippen molar-refractivity contribution in [3.63, 3.8) is 0 Å². The lowest BCUT2D eigenvalue weighted by Crippen LogP contribution is -2.53. The van der Waals surface area contributed by atoms with E-state index in [-0.39, 0.29) is 42.0 Å². The van der Waals surface area contributed by atoms with Crippen LogP contribution in [0.25, 0.3) is 0 Å². The summed E-state index contributed by atoms with van der Waals surface area (Å²) in [5.41, 5.74) is 7.42. The Labute approximate surface area is 174 Å². The molecule has 0 radical (unpaired) electrons. The number of amides is 2. The van der Waals surface area contributed by atoms with Crippen molar-refractivity contribution in [2.24, 2.45) is 11.1 Å². The number of hydrogen-bond donors (Lipinski definition) is 3. The molecular weight excluding hydrogens is 387 g/mol. The van der Waals surface area contributed by atoms with E-state index in [9.17, 15) is 9.59 Å². The van der Waals surface area contributed by atoms with Crippen LogP contribution in [0, 0.1) is 5.41 Å². The van der Waals surface area contributed by atoms with Crippen LogP contribution in [0.2, 0.25) is 0 Å². The second-order valence-corrected chi connectivity index (χ2v) is 7.81. The Morgan fingerprint density at radius 3 is 2.26 bits per heavy atom. The molecular formula is C19H32Cl2N4O2. The van der Waals surface area contributed by atoms with Crippen LogP contribution in [0.5, 0.6) is 0 Å². The van der Waals surface area contributed by atoms with Crippen molar-refractivity contribution in [2.45, 2.75) is 52.6 Å². The predicted octanol–water partition coefficient (Wildman–Crippen LogP) is 2.95. The minimum atomic E-state index is -0.666. The summed E-state index contributed by atoms with van der Waals surface area (Å²) in [6, 6.07) is 6.49. The summed E-state index contributed by atoms with van der Waals surface area (Å²) < 4.78 is 0. The van der Waals surface area contributed by atoms with Gasteiger partial charge in [-0.3, -0.25) is 9.59 Å². The highest BCUT2D eigenvalue weighted by Gasteiger charge is 2.29. The smallest absolute Gasteiger partial charge is 0.246 e. The van der Waals surface area contributed by atoms with Crippen molar-refractivity contribution in [3.8, 4) is 0 Å². The largest absolute Gasteiger partial charge is 0.371 e. The first-order valence-electron chi connectivity index (χ1n) is 8.90. The van der Waals surface area contributed by atoms with Gasteiger partial charge in [0.05, 0.1) is 6.04 Å². The van der Waals surface area contributed by atoms with Crippen molar-refractivity contribution in [2.75, 3.05) is 23.3 Å². The third-order valence-electron chi connectivity index (χ3n) is 4.55. The Balaban J connectivity index is 0.00000338. The van der Waals surface area contributed by atoms with Gasteiger partial charge in [-0.25, -0.2) is 0 Å². The van der Waals surface area contributed by atoms with E-state index in [0.717, 1.165) is 24.5 Å². The Hall–Kier alpha value is -1.50. The number of hydrogen-bond acceptors (Lipinski definition) is 4. The molecule has 0 aromatic heterocycles. The van der Waals surface area contributed by atoms with Gasteiger partial charge in [0.2, 0.25) is 11.8 Å². The van der Waals surface area contributed by atoms with Crippen molar-refractivity contribution >= 4 is 48.0 Å². The highest BCUT2D eigenvalue weighted by Crippen LogP contribution is 2.23. The molecule has 6 nitrogen and oxygen atoms in total. The fourth-order valence-corrected chi connectivity index (χ4v) is 2.77. The zero-order chi connectivity index (χ0) is 18.6. The number of anilines is 2. The lowest BCUT2D eigenvalue weighted by molar-refractivity contribution is -0.128. The fraction of sp³-hybridized carbons (Fsp3) is 0.579. The van der Waals surface area contributed by atoms with Gasteiger partial charge >= 0.3 is 0 Å². The third-order valence-corrected chi connectivity index (χ3v) is 4.55. The summed E-state index contributed by atoms with van der Waals surface area (Å²) in [6.45, 7) is 9.44. The molecule has 1 saturated heterocycles. The van der Waals surface area contributed by atoms with Crippen LogP contribution in [0.15, 0.2) is 24.3 Å². The molecule has 2 rings (SSSR count). The minimum Gasteiger partial charge on any atom is -0.371 e. The summed E-state index contributed by atoms with van der Waals surface area (Å²) >= 11 is 0. The highest BCUT2D eigenvalue weighted by atomic mass is 35.5. The number of nitrogens with one attached hydrogen (secondary N) is 2. The fourth-order valence-electron chi connectivity index (χ4n) is 2.77. The number of benzene rings is 1. The Kier molecular flexibility index (Phi) is 10.1. The number of carbonyl (C=O) groups excluding carboxylic acids is 2. The molecule has 8 heteroatoms. The molecule has 0 bridgehead atoms. The molecule has 0 aliphatic carbocycles.